The molecule has 1 aliphatic rings. The van der Waals surface area contributed by atoms with Gasteiger partial charge in [-0.05, 0) is 69.2 Å². The molecule has 1 aromatic carbocycles. The van der Waals surface area contributed by atoms with Crippen molar-refractivity contribution < 1.29 is 14.3 Å². The number of hydrogen-bond acceptors (Lipinski definition) is 3. The molecule has 0 radical (unpaired) electrons. The minimum absolute atomic E-state index is 0.0626. The van der Waals surface area contributed by atoms with Crippen molar-refractivity contribution in [3.05, 3.63) is 33.8 Å². The van der Waals surface area contributed by atoms with Crippen molar-refractivity contribution in [1.82, 2.24) is 10.2 Å². The number of likely N-dealkylation sites (tertiary alicyclic amines) is 1. The number of carbonyl (C=O) groups excluding carboxylic acids is 2. The zero-order valence-corrected chi connectivity index (χ0v) is 19.1. The number of benzene rings is 1. The van der Waals surface area contributed by atoms with Crippen molar-refractivity contribution in [3.8, 4) is 0 Å². The Balaban J connectivity index is 0.00000190. The van der Waals surface area contributed by atoms with Crippen LogP contribution >= 0.6 is 11.6 Å². The monoisotopic (exact) mass is 410 g/mol. The Bertz CT molecular complexity index is 675. The lowest BCUT2D eigenvalue weighted by Gasteiger charge is -2.34. The Morgan fingerprint density at radius 1 is 1.21 bits per heavy atom. The molecule has 28 heavy (non-hydrogen) atoms. The number of nitrogens with zero attached hydrogens (tertiary/aromatic N) is 1. The molecule has 0 aliphatic carbocycles. The van der Waals surface area contributed by atoms with E-state index in [2.05, 4.69) is 11.4 Å². The number of amides is 2. The maximum absolute atomic E-state index is 12.2. The third kappa shape index (κ3) is 7.34. The third-order valence-electron chi connectivity index (χ3n) is 4.53. The van der Waals surface area contributed by atoms with Crippen LogP contribution in [0.15, 0.2) is 12.1 Å². The van der Waals surface area contributed by atoms with Gasteiger partial charge >= 0.3 is 6.09 Å². The van der Waals surface area contributed by atoms with Crippen LogP contribution in [0.5, 0.6) is 0 Å². The first-order valence-electron chi connectivity index (χ1n) is 10.1. The van der Waals surface area contributed by atoms with E-state index in [9.17, 15) is 9.59 Å². The highest BCUT2D eigenvalue weighted by Crippen LogP contribution is 2.33. The molecular weight excluding hydrogens is 376 g/mol. The van der Waals surface area contributed by atoms with Crippen LogP contribution in [0.25, 0.3) is 0 Å². The van der Waals surface area contributed by atoms with Crippen LogP contribution in [0.4, 0.5) is 4.79 Å². The fraction of sp³-hybridized carbons (Fsp3) is 0.636. The predicted octanol–water partition coefficient (Wildman–Crippen LogP) is 5.43. The molecule has 1 saturated heterocycles. The standard InChI is InChI=1S/C20H29ClN2O3.C2H6/c1-13-10-17(16(11-18(13)21)12-22-14(2)24)15-6-8-23(9-7-15)19(25)26-20(3,4)5;1-2/h10-11,15H,6-9,12H2,1-5H3,(H,22,24);1-2H3. The Labute approximate surface area is 174 Å². The lowest BCUT2D eigenvalue weighted by molar-refractivity contribution is -0.119. The first-order valence-corrected chi connectivity index (χ1v) is 10.5. The molecule has 0 unspecified atom stereocenters. The highest BCUT2D eigenvalue weighted by Gasteiger charge is 2.28. The number of ether oxygens (including phenoxy) is 1. The molecule has 1 N–H and O–H groups in total. The molecule has 0 bridgehead atoms. The zero-order chi connectivity index (χ0) is 21.5. The van der Waals surface area contributed by atoms with Gasteiger partial charge in [-0.3, -0.25) is 4.79 Å². The SMILES string of the molecule is CC.CC(=O)NCc1cc(Cl)c(C)cc1C1CCN(C(=O)OC(C)(C)C)CC1. The number of rotatable bonds is 3. The second-order valence-electron chi connectivity index (χ2n) is 7.95. The number of carbonyl (C=O) groups is 2. The molecule has 0 saturated carbocycles. The molecule has 0 aromatic heterocycles. The van der Waals surface area contributed by atoms with Gasteiger partial charge in [-0.15, -0.1) is 0 Å². The van der Waals surface area contributed by atoms with E-state index < -0.39 is 5.60 Å². The fourth-order valence-electron chi connectivity index (χ4n) is 3.20. The topological polar surface area (TPSA) is 58.6 Å². The summed E-state index contributed by atoms with van der Waals surface area (Å²) in [6.45, 7) is 14.9. The molecule has 1 aromatic rings. The smallest absolute Gasteiger partial charge is 0.410 e. The van der Waals surface area contributed by atoms with Gasteiger partial charge in [-0.1, -0.05) is 31.5 Å². The number of nitrogens with one attached hydrogen (secondary N) is 1. The molecular formula is C22H35ClN2O3. The van der Waals surface area contributed by atoms with Crippen molar-refractivity contribution in [1.29, 1.82) is 0 Å². The minimum Gasteiger partial charge on any atom is -0.444 e. The second kappa shape index (κ2) is 10.7. The summed E-state index contributed by atoms with van der Waals surface area (Å²) < 4.78 is 5.46. The molecule has 1 fully saturated rings. The Hall–Kier alpha value is -1.75. The lowest BCUT2D eigenvalue weighted by atomic mass is 9.85. The second-order valence-corrected chi connectivity index (χ2v) is 8.36. The third-order valence-corrected chi connectivity index (χ3v) is 4.94. The van der Waals surface area contributed by atoms with E-state index in [0.29, 0.717) is 30.6 Å². The number of halogens is 1. The molecule has 2 rings (SSSR count). The molecule has 6 heteroatoms. The van der Waals surface area contributed by atoms with Gasteiger partial charge in [-0.25, -0.2) is 4.79 Å². The van der Waals surface area contributed by atoms with Gasteiger partial charge in [0, 0.05) is 31.6 Å². The van der Waals surface area contributed by atoms with E-state index in [-0.39, 0.29) is 12.0 Å². The van der Waals surface area contributed by atoms with Gasteiger partial charge < -0.3 is 15.0 Å². The average molecular weight is 411 g/mol. The van der Waals surface area contributed by atoms with Crippen LogP contribution in [-0.2, 0) is 16.1 Å². The maximum Gasteiger partial charge on any atom is 0.410 e. The Kier molecular flexibility index (Phi) is 9.28. The maximum atomic E-state index is 12.2. The Morgan fingerprint density at radius 3 is 2.29 bits per heavy atom. The molecule has 1 heterocycles. The molecule has 0 atom stereocenters. The molecule has 5 nitrogen and oxygen atoms in total. The van der Waals surface area contributed by atoms with E-state index in [4.69, 9.17) is 16.3 Å². The lowest BCUT2D eigenvalue weighted by Crippen LogP contribution is -2.41. The van der Waals surface area contributed by atoms with E-state index in [0.717, 1.165) is 24.0 Å². The Morgan fingerprint density at radius 2 is 1.79 bits per heavy atom. The van der Waals surface area contributed by atoms with E-state index >= 15 is 0 Å². The molecule has 0 spiro atoms. The van der Waals surface area contributed by atoms with Gasteiger partial charge in [0.05, 0.1) is 0 Å². The van der Waals surface area contributed by atoms with Crippen LogP contribution < -0.4 is 5.32 Å². The summed E-state index contributed by atoms with van der Waals surface area (Å²) in [5.74, 6) is 0.279. The summed E-state index contributed by atoms with van der Waals surface area (Å²) in [6, 6.07) is 4.07. The van der Waals surface area contributed by atoms with Crippen molar-refractivity contribution in [2.75, 3.05) is 13.1 Å². The summed E-state index contributed by atoms with van der Waals surface area (Å²) >= 11 is 6.28. The van der Waals surface area contributed by atoms with Gasteiger partial charge in [-0.2, -0.15) is 0 Å². The van der Waals surface area contributed by atoms with Gasteiger partial charge in [0.2, 0.25) is 5.91 Å². The quantitative estimate of drug-likeness (QED) is 0.723. The first kappa shape index (κ1) is 24.3. The predicted molar refractivity (Wildman–Crippen MR) is 115 cm³/mol. The number of piperidine rings is 1. The summed E-state index contributed by atoms with van der Waals surface area (Å²) in [5, 5.41) is 3.57. The highest BCUT2D eigenvalue weighted by molar-refractivity contribution is 6.31. The summed E-state index contributed by atoms with van der Waals surface area (Å²) in [7, 11) is 0. The van der Waals surface area contributed by atoms with Crippen LogP contribution in [0.1, 0.15) is 77.0 Å². The molecule has 1 aliphatic heterocycles. The average Bonchev–Trinajstić information content (AvgIpc) is 2.62. The minimum atomic E-state index is -0.479. The molecule has 2 amide bonds. The van der Waals surface area contributed by atoms with Gasteiger partial charge in [0.1, 0.15) is 5.60 Å². The van der Waals surface area contributed by atoms with E-state index in [1.807, 2.05) is 47.6 Å². The molecule has 158 valence electrons. The summed E-state index contributed by atoms with van der Waals surface area (Å²) in [5.41, 5.74) is 2.81. The number of hydrogen-bond donors (Lipinski definition) is 1. The normalized spacial score (nSPS) is 14.8. The van der Waals surface area contributed by atoms with Crippen LogP contribution in [-0.4, -0.2) is 35.6 Å². The van der Waals surface area contributed by atoms with Crippen LogP contribution in [0, 0.1) is 6.92 Å². The van der Waals surface area contributed by atoms with Gasteiger partial charge in [0.25, 0.3) is 0 Å². The van der Waals surface area contributed by atoms with Crippen LogP contribution in [0.3, 0.4) is 0 Å². The van der Waals surface area contributed by atoms with Crippen molar-refractivity contribution in [2.45, 2.75) is 79.4 Å². The summed E-state index contributed by atoms with van der Waals surface area (Å²) in [6.07, 6.45) is 1.49. The fourth-order valence-corrected chi connectivity index (χ4v) is 3.38. The first-order chi connectivity index (χ1) is 13.1. The van der Waals surface area contributed by atoms with Crippen LogP contribution in [0.2, 0.25) is 5.02 Å². The van der Waals surface area contributed by atoms with E-state index in [1.54, 1.807) is 4.90 Å². The number of aryl methyl sites for hydroxylation is 1. The van der Waals surface area contributed by atoms with Crippen molar-refractivity contribution in [3.63, 3.8) is 0 Å². The highest BCUT2D eigenvalue weighted by atomic mass is 35.5. The van der Waals surface area contributed by atoms with E-state index in [1.165, 1.54) is 12.5 Å². The van der Waals surface area contributed by atoms with Crippen molar-refractivity contribution in [2.24, 2.45) is 0 Å². The largest absolute Gasteiger partial charge is 0.444 e. The van der Waals surface area contributed by atoms with Gasteiger partial charge in [0.15, 0.2) is 0 Å². The summed E-state index contributed by atoms with van der Waals surface area (Å²) in [4.78, 5) is 25.3. The zero-order valence-electron chi connectivity index (χ0n) is 18.3. The van der Waals surface area contributed by atoms with Crippen molar-refractivity contribution >= 4 is 23.6 Å².